The lowest BCUT2D eigenvalue weighted by Gasteiger charge is -2.23. The molecule has 2 aliphatic rings. The van der Waals surface area contributed by atoms with Gasteiger partial charge >= 0.3 is 0 Å². The minimum atomic E-state index is 0.462. The second-order valence-corrected chi connectivity index (χ2v) is 4.45. The third-order valence-corrected chi connectivity index (χ3v) is 3.51. The van der Waals surface area contributed by atoms with Gasteiger partial charge in [0.25, 0.3) is 0 Å². The van der Waals surface area contributed by atoms with Crippen LogP contribution in [-0.4, -0.2) is 23.0 Å². The largest absolute Gasteiger partial charge is 0.384 e. The van der Waals surface area contributed by atoms with Crippen molar-refractivity contribution in [2.75, 3.05) is 18.9 Å². The van der Waals surface area contributed by atoms with Crippen LogP contribution in [0.25, 0.3) is 0 Å². The average molecular weight is 207 g/mol. The lowest BCUT2D eigenvalue weighted by Crippen LogP contribution is -2.22. The van der Waals surface area contributed by atoms with Gasteiger partial charge < -0.3 is 10.5 Å². The predicted molar refractivity (Wildman–Crippen MR) is 57.8 cm³/mol. The van der Waals surface area contributed by atoms with Gasteiger partial charge in [-0.05, 0) is 32.1 Å². The highest BCUT2D eigenvalue weighted by Crippen LogP contribution is 2.31. The third-order valence-electron chi connectivity index (χ3n) is 3.51. The monoisotopic (exact) mass is 207 g/mol. The quantitative estimate of drug-likeness (QED) is 0.755. The SMILES string of the molecule is Nc1c2c(nn1C1CCOCC1)CCC2. The van der Waals surface area contributed by atoms with Gasteiger partial charge in [-0.1, -0.05) is 0 Å². The van der Waals surface area contributed by atoms with Crippen molar-refractivity contribution in [3.63, 3.8) is 0 Å². The smallest absolute Gasteiger partial charge is 0.125 e. The van der Waals surface area contributed by atoms with Crippen LogP contribution < -0.4 is 5.73 Å². The summed E-state index contributed by atoms with van der Waals surface area (Å²) in [6, 6.07) is 0.462. The highest BCUT2D eigenvalue weighted by molar-refractivity contribution is 5.46. The number of nitrogens with two attached hydrogens (primary N) is 1. The number of hydrogen-bond acceptors (Lipinski definition) is 3. The van der Waals surface area contributed by atoms with Crippen molar-refractivity contribution in [1.29, 1.82) is 0 Å². The molecular formula is C11H17N3O. The number of ether oxygens (including phenoxy) is 1. The molecule has 0 atom stereocenters. The Kier molecular flexibility index (Phi) is 2.16. The number of hydrogen-bond donors (Lipinski definition) is 1. The summed E-state index contributed by atoms with van der Waals surface area (Å²) >= 11 is 0. The van der Waals surface area contributed by atoms with Crippen LogP contribution in [0, 0.1) is 0 Å². The van der Waals surface area contributed by atoms with E-state index in [4.69, 9.17) is 10.5 Å². The van der Waals surface area contributed by atoms with Gasteiger partial charge in [-0.2, -0.15) is 5.10 Å². The zero-order chi connectivity index (χ0) is 10.3. The average Bonchev–Trinajstić information content (AvgIpc) is 2.83. The Labute approximate surface area is 89.4 Å². The van der Waals surface area contributed by atoms with E-state index in [0.717, 1.165) is 44.7 Å². The number of aryl methyl sites for hydroxylation is 1. The Morgan fingerprint density at radius 2 is 2.07 bits per heavy atom. The van der Waals surface area contributed by atoms with Crippen LogP contribution in [0.15, 0.2) is 0 Å². The first-order valence-electron chi connectivity index (χ1n) is 5.80. The Bertz CT molecular complexity index is 366. The molecule has 4 nitrogen and oxygen atoms in total. The number of rotatable bonds is 1. The molecular weight excluding hydrogens is 190 g/mol. The fraction of sp³-hybridized carbons (Fsp3) is 0.727. The van der Waals surface area contributed by atoms with Gasteiger partial charge in [0.1, 0.15) is 5.82 Å². The van der Waals surface area contributed by atoms with Crippen LogP contribution in [0.2, 0.25) is 0 Å². The first kappa shape index (κ1) is 9.21. The molecule has 1 aliphatic heterocycles. The molecule has 0 radical (unpaired) electrons. The van der Waals surface area contributed by atoms with E-state index in [1.165, 1.54) is 17.7 Å². The molecule has 4 heteroatoms. The maximum atomic E-state index is 6.15. The topological polar surface area (TPSA) is 53.1 Å². The van der Waals surface area contributed by atoms with Crippen molar-refractivity contribution in [3.05, 3.63) is 11.3 Å². The number of aromatic nitrogens is 2. The summed E-state index contributed by atoms with van der Waals surface area (Å²) in [5.74, 6) is 0.911. The van der Waals surface area contributed by atoms with E-state index >= 15 is 0 Å². The third kappa shape index (κ3) is 1.44. The van der Waals surface area contributed by atoms with E-state index in [1.807, 2.05) is 4.68 Å². The summed E-state index contributed by atoms with van der Waals surface area (Å²) in [5.41, 5.74) is 8.69. The zero-order valence-corrected chi connectivity index (χ0v) is 8.91. The zero-order valence-electron chi connectivity index (χ0n) is 8.91. The maximum Gasteiger partial charge on any atom is 0.125 e. The van der Waals surface area contributed by atoms with Crippen molar-refractivity contribution >= 4 is 5.82 Å². The minimum Gasteiger partial charge on any atom is -0.384 e. The first-order chi connectivity index (χ1) is 7.36. The second kappa shape index (κ2) is 3.52. The number of anilines is 1. The summed E-state index contributed by atoms with van der Waals surface area (Å²) in [7, 11) is 0. The van der Waals surface area contributed by atoms with E-state index in [-0.39, 0.29) is 0 Å². The van der Waals surface area contributed by atoms with Crippen LogP contribution in [0.1, 0.15) is 36.6 Å². The van der Waals surface area contributed by atoms with Gasteiger partial charge in [0.15, 0.2) is 0 Å². The van der Waals surface area contributed by atoms with Crippen LogP contribution in [-0.2, 0) is 17.6 Å². The molecule has 2 N–H and O–H groups in total. The van der Waals surface area contributed by atoms with E-state index in [9.17, 15) is 0 Å². The van der Waals surface area contributed by atoms with Crippen LogP contribution >= 0.6 is 0 Å². The molecule has 0 saturated carbocycles. The molecule has 1 aliphatic carbocycles. The highest BCUT2D eigenvalue weighted by Gasteiger charge is 2.25. The van der Waals surface area contributed by atoms with E-state index in [2.05, 4.69) is 5.10 Å². The molecule has 0 amide bonds. The lowest BCUT2D eigenvalue weighted by atomic mass is 10.1. The summed E-state index contributed by atoms with van der Waals surface area (Å²) in [6.45, 7) is 1.68. The molecule has 1 saturated heterocycles. The Morgan fingerprint density at radius 3 is 2.80 bits per heavy atom. The van der Waals surface area contributed by atoms with Crippen LogP contribution in [0.4, 0.5) is 5.82 Å². The molecule has 1 aromatic rings. The summed E-state index contributed by atoms with van der Waals surface area (Å²) < 4.78 is 7.40. The van der Waals surface area contributed by atoms with Crippen molar-refractivity contribution in [1.82, 2.24) is 9.78 Å². The molecule has 0 spiro atoms. The Hall–Kier alpha value is -1.03. The van der Waals surface area contributed by atoms with Gasteiger partial charge in [0, 0.05) is 18.8 Å². The lowest BCUT2D eigenvalue weighted by molar-refractivity contribution is 0.0667. The molecule has 3 rings (SSSR count). The molecule has 0 aromatic carbocycles. The number of nitrogen functional groups attached to an aromatic ring is 1. The molecule has 82 valence electrons. The standard InChI is InChI=1S/C11H17N3O/c12-11-9-2-1-3-10(9)13-14(11)8-4-6-15-7-5-8/h8H,1-7,12H2. The van der Waals surface area contributed by atoms with Crippen molar-refractivity contribution in [3.8, 4) is 0 Å². The molecule has 0 unspecified atom stereocenters. The molecule has 1 aromatic heterocycles. The van der Waals surface area contributed by atoms with Gasteiger partial charge in [-0.25, -0.2) is 4.68 Å². The summed E-state index contributed by atoms with van der Waals surface area (Å²) in [4.78, 5) is 0. The Morgan fingerprint density at radius 1 is 1.27 bits per heavy atom. The fourth-order valence-electron chi connectivity index (χ4n) is 2.64. The molecule has 1 fully saturated rings. The summed E-state index contributed by atoms with van der Waals surface area (Å²) in [6.07, 6.45) is 5.53. The second-order valence-electron chi connectivity index (χ2n) is 4.45. The van der Waals surface area contributed by atoms with Gasteiger partial charge in [-0.3, -0.25) is 0 Å². The minimum absolute atomic E-state index is 0.462. The molecule has 2 heterocycles. The molecule has 0 bridgehead atoms. The normalized spacial score (nSPS) is 21.9. The van der Waals surface area contributed by atoms with Crippen LogP contribution in [0.5, 0.6) is 0 Å². The van der Waals surface area contributed by atoms with Crippen molar-refractivity contribution < 1.29 is 4.74 Å². The van der Waals surface area contributed by atoms with Crippen molar-refractivity contribution in [2.45, 2.75) is 38.1 Å². The molecule has 15 heavy (non-hydrogen) atoms. The van der Waals surface area contributed by atoms with Gasteiger partial charge in [-0.15, -0.1) is 0 Å². The fourth-order valence-corrected chi connectivity index (χ4v) is 2.64. The maximum absolute atomic E-state index is 6.15. The van der Waals surface area contributed by atoms with Crippen molar-refractivity contribution in [2.24, 2.45) is 0 Å². The predicted octanol–water partition coefficient (Wildman–Crippen LogP) is 1.31. The first-order valence-corrected chi connectivity index (χ1v) is 5.80. The van der Waals surface area contributed by atoms with Gasteiger partial charge in [0.05, 0.1) is 11.7 Å². The Balaban J connectivity index is 1.91. The van der Waals surface area contributed by atoms with E-state index < -0.39 is 0 Å². The number of fused-ring (bicyclic) bond motifs is 1. The van der Waals surface area contributed by atoms with Crippen LogP contribution in [0.3, 0.4) is 0 Å². The van der Waals surface area contributed by atoms with Gasteiger partial charge in [0.2, 0.25) is 0 Å². The highest BCUT2D eigenvalue weighted by atomic mass is 16.5. The van der Waals surface area contributed by atoms with E-state index in [0.29, 0.717) is 6.04 Å². The van der Waals surface area contributed by atoms with E-state index in [1.54, 1.807) is 0 Å². The summed E-state index contributed by atoms with van der Waals surface area (Å²) in [5, 5.41) is 4.65. The number of nitrogens with zero attached hydrogens (tertiary/aromatic N) is 2.